The van der Waals surface area contributed by atoms with Gasteiger partial charge in [0.25, 0.3) is 0 Å². The fourth-order valence-electron chi connectivity index (χ4n) is 2.10. The number of amides is 1. The van der Waals surface area contributed by atoms with E-state index in [9.17, 15) is 15.0 Å². The first-order valence-corrected chi connectivity index (χ1v) is 6.42. The van der Waals surface area contributed by atoms with Crippen molar-refractivity contribution < 1.29 is 15.0 Å². The summed E-state index contributed by atoms with van der Waals surface area (Å²) in [5.41, 5.74) is 0.897. The number of phenols is 2. The molecule has 4 heteroatoms. The minimum Gasteiger partial charge on any atom is -0.504 e. The molecule has 0 radical (unpaired) electrons. The second-order valence-corrected chi connectivity index (χ2v) is 4.92. The Kier molecular flexibility index (Phi) is 4.07. The van der Waals surface area contributed by atoms with Gasteiger partial charge >= 0.3 is 0 Å². The lowest BCUT2D eigenvalue weighted by Gasteiger charge is -2.24. The molecule has 2 rings (SSSR count). The third-order valence-corrected chi connectivity index (χ3v) is 3.47. The number of hydrogen-bond donors (Lipinski definition) is 3. The van der Waals surface area contributed by atoms with Crippen LogP contribution in [-0.4, -0.2) is 22.7 Å². The largest absolute Gasteiger partial charge is 0.504 e. The van der Waals surface area contributed by atoms with Crippen molar-refractivity contribution in [2.75, 3.05) is 6.54 Å². The fourth-order valence-corrected chi connectivity index (χ4v) is 2.10. The average molecular weight is 249 g/mol. The molecule has 1 saturated carbocycles. The first-order valence-electron chi connectivity index (χ1n) is 6.42. The minimum atomic E-state index is -0.118. The second kappa shape index (κ2) is 5.76. The van der Waals surface area contributed by atoms with Crippen molar-refractivity contribution in [3.05, 3.63) is 23.8 Å². The van der Waals surface area contributed by atoms with Crippen LogP contribution in [0.15, 0.2) is 18.2 Å². The van der Waals surface area contributed by atoms with Gasteiger partial charge in [0.15, 0.2) is 11.5 Å². The maximum Gasteiger partial charge on any atom is 0.220 e. The number of nitrogens with one attached hydrogen (secondary N) is 1. The summed E-state index contributed by atoms with van der Waals surface area (Å²) in [5, 5.41) is 21.4. The standard InChI is InChI=1S/C14H19NO3/c16-12-5-4-11(8-13(12)17)6-7-15-14(18)9-10-2-1-3-10/h4-5,8,10,16-17H,1-3,6-7,9H2,(H,15,18). The molecule has 1 aromatic carbocycles. The Labute approximate surface area is 107 Å². The lowest BCUT2D eigenvalue weighted by molar-refractivity contribution is -0.122. The van der Waals surface area contributed by atoms with Gasteiger partial charge in [0, 0.05) is 13.0 Å². The molecule has 0 saturated heterocycles. The zero-order valence-corrected chi connectivity index (χ0v) is 10.4. The van der Waals surface area contributed by atoms with Crippen molar-refractivity contribution >= 4 is 5.91 Å². The van der Waals surface area contributed by atoms with Gasteiger partial charge in [-0.25, -0.2) is 0 Å². The van der Waals surface area contributed by atoms with E-state index >= 15 is 0 Å². The molecule has 18 heavy (non-hydrogen) atoms. The molecule has 1 amide bonds. The molecule has 0 bridgehead atoms. The summed E-state index contributed by atoms with van der Waals surface area (Å²) < 4.78 is 0. The lowest BCUT2D eigenvalue weighted by atomic mass is 9.83. The smallest absolute Gasteiger partial charge is 0.220 e. The monoisotopic (exact) mass is 249 g/mol. The molecular weight excluding hydrogens is 230 g/mol. The molecule has 0 aliphatic heterocycles. The summed E-state index contributed by atoms with van der Waals surface area (Å²) in [7, 11) is 0. The normalized spacial score (nSPS) is 15.1. The number of benzene rings is 1. The minimum absolute atomic E-state index is 0.114. The van der Waals surface area contributed by atoms with Gasteiger partial charge in [-0.05, 0) is 42.9 Å². The third-order valence-electron chi connectivity index (χ3n) is 3.47. The molecule has 1 aliphatic rings. The summed E-state index contributed by atoms with van der Waals surface area (Å²) in [6.07, 6.45) is 4.91. The van der Waals surface area contributed by atoms with Crippen LogP contribution in [0.3, 0.4) is 0 Å². The molecule has 0 heterocycles. The van der Waals surface area contributed by atoms with Crippen LogP contribution < -0.4 is 5.32 Å². The van der Waals surface area contributed by atoms with Crippen LogP contribution in [-0.2, 0) is 11.2 Å². The molecule has 98 valence electrons. The van der Waals surface area contributed by atoms with E-state index in [-0.39, 0.29) is 17.4 Å². The van der Waals surface area contributed by atoms with E-state index in [4.69, 9.17) is 0 Å². The second-order valence-electron chi connectivity index (χ2n) is 4.92. The highest BCUT2D eigenvalue weighted by molar-refractivity contribution is 5.76. The molecule has 0 aromatic heterocycles. The molecule has 0 spiro atoms. The Morgan fingerprint density at radius 2 is 2.06 bits per heavy atom. The Morgan fingerprint density at radius 3 is 2.67 bits per heavy atom. The van der Waals surface area contributed by atoms with Crippen LogP contribution >= 0.6 is 0 Å². The molecule has 1 aromatic rings. The predicted octanol–water partition coefficient (Wildman–Crippen LogP) is 1.95. The van der Waals surface area contributed by atoms with Crippen LogP contribution in [0.1, 0.15) is 31.2 Å². The zero-order valence-electron chi connectivity index (χ0n) is 10.4. The van der Waals surface area contributed by atoms with Crippen LogP contribution in [0.5, 0.6) is 11.5 Å². The van der Waals surface area contributed by atoms with Gasteiger partial charge in [0.2, 0.25) is 5.91 Å². The number of carbonyl (C=O) groups excluding carboxylic acids is 1. The van der Waals surface area contributed by atoms with Crippen molar-refractivity contribution in [2.24, 2.45) is 5.92 Å². The number of carbonyl (C=O) groups is 1. The number of rotatable bonds is 5. The Bertz CT molecular complexity index is 427. The molecule has 4 nitrogen and oxygen atoms in total. The lowest BCUT2D eigenvalue weighted by Crippen LogP contribution is -2.29. The van der Waals surface area contributed by atoms with Crippen molar-refractivity contribution in [1.29, 1.82) is 0 Å². The first kappa shape index (κ1) is 12.7. The highest BCUT2D eigenvalue weighted by Gasteiger charge is 2.20. The van der Waals surface area contributed by atoms with E-state index in [1.165, 1.54) is 31.4 Å². The van der Waals surface area contributed by atoms with E-state index in [2.05, 4.69) is 5.32 Å². The molecule has 0 atom stereocenters. The predicted molar refractivity (Wildman–Crippen MR) is 68.4 cm³/mol. The van der Waals surface area contributed by atoms with Crippen molar-refractivity contribution in [3.63, 3.8) is 0 Å². The van der Waals surface area contributed by atoms with Gasteiger partial charge < -0.3 is 15.5 Å². The van der Waals surface area contributed by atoms with Gasteiger partial charge in [-0.1, -0.05) is 12.5 Å². The summed E-state index contributed by atoms with van der Waals surface area (Å²) in [5.74, 6) is 0.464. The Hall–Kier alpha value is -1.71. The van der Waals surface area contributed by atoms with Crippen LogP contribution in [0.4, 0.5) is 0 Å². The van der Waals surface area contributed by atoms with Crippen molar-refractivity contribution in [3.8, 4) is 11.5 Å². The van der Waals surface area contributed by atoms with Gasteiger partial charge in [0.1, 0.15) is 0 Å². The quantitative estimate of drug-likeness (QED) is 0.698. The van der Waals surface area contributed by atoms with Crippen LogP contribution in [0, 0.1) is 5.92 Å². The van der Waals surface area contributed by atoms with Gasteiger partial charge in [-0.2, -0.15) is 0 Å². The molecule has 1 fully saturated rings. The average Bonchev–Trinajstić information content (AvgIpc) is 2.28. The SMILES string of the molecule is O=C(CC1CCC1)NCCc1ccc(O)c(O)c1. The maximum absolute atomic E-state index is 11.6. The molecular formula is C14H19NO3. The van der Waals surface area contributed by atoms with Crippen LogP contribution in [0.25, 0.3) is 0 Å². The summed E-state index contributed by atoms with van der Waals surface area (Å²) >= 11 is 0. The van der Waals surface area contributed by atoms with E-state index in [0.717, 1.165) is 5.56 Å². The topological polar surface area (TPSA) is 69.6 Å². The van der Waals surface area contributed by atoms with Gasteiger partial charge in [-0.3, -0.25) is 4.79 Å². The maximum atomic E-state index is 11.6. The summed E-state index contributed by atoms with van der Waals surface area (Å²) in [4.78, 5) is 11.6. The number of aromatic hydroxyl groups is 2. The van der Waals surface area contributed by atoms with E-state index in [0.29, 0.717) is 25.3 Å². The highest BCUT2D eigenvalue weighted by atomic mass is 16.3. The van der Waals surface area contributed by atoms with Crippen LogP contribution in [0.2, 0.25) is 0 Å². The van der Waals surface area contributed by atoms with Gasteiger partial charge in [-0.15, -0.1) is 0 Å². The Morgan fingerprint density at radius 1 is 1.28 bits per heavy atom. The van der Waals surface area contributed by atoms with Crippen molar-refractivity contribution in [2.45, 2.75) is 32.1 Å². The van der Waals surface area contributed by atoms with E-state index in [1.54, 1.807) is 6.07 Å². The zero-order chi connectivity index (χ0) is 13.0. The highest BCUT2D eigenvalue weighted by Crippen LogP contribution is 2.29. The molecule has 1 aliphatic carbocycles. The first-order chi connectivity index (χ1) is 8.65. The summed E-state index contributed by atoms with van der Waals surface area (Å²) in [6, 6.07) is 4.72. The Balaban J connectivity index is 1.70. The molecule has 3 N–H and O–H groups in total. The van der Waals surface area contributed by atoms with E-state index in [1.807, 2.05) is 0 Å². The van der Waals surface area contributed by atoms with E-state index < -0.39 is 0 Å². The van der Waals surface area contributed by atoms with Gasteiger partial charge in [0.05, 0.1) is 0 Å². The van der Waals surface area contributed by atoms with Crippen molar-refractivity contribution in [1.82, 2.24) is 5.32 Å². The third kappa shape index (κ3) is 3.39. The fraction of sp³-hybridized carbons (Fsp3) is 0.500. The number of phenolic OH excluding ortho intramolecular Hbond substituents is 2. The molecule has 0 unspecified atom stereocenters. The number of hydrogen-bond acceptors (Lipinski definition) is 3. The summed E-state index contributed by atoms with van der Waals surface area (Å²) in [6.45, 7) is 0.565.